The van der Waals surface area contributed by atoms with Gasteiger partial charge in [0.1, 0.15) is 11.4 Å². The Morgan fingerprint density at radius 3 is 2.50 bits per heavy atom. The van der Waals surface area contributed by atoms with E-state index >= 15 is 0 Å². The molecule has 0 spiro atoms. The molecule has 0 amide bonds. The normalized spacial score (nSPS) is 41.6. The summed E-state index contributed by atoms with van der Waals surface area (Å²) >= 11 is 0. The Kier molecular flexibility index (Phi) is 2.16. The van der Waals surface area contributed by atoms with Gasteiger partial charge in [-0.25, -0.2) is 4.98 Å². The molecule has 2 saturated carbocycles. The molecule has 1 heterocycles. The number of aryl methyl sites for hydroxylation is 1. The second-order valence-electron chi connectivity index (χ2n) is 7.18. The Hall–Kier alpha value is -0.830. The molecule has 1 N–H and O–H groups in total. The van der Waals surface area contributed by atoms with Gasteiger partial charge in [0.2, 0.25) is 0 Å². The number of nitrogens with zero attached hydrogens (tertiary/aromatic N) is 2. The summed E-state index contributed by atoms with van der Waals surface area (Å²) in [6.45, 7) is 8.70. The summed E-state index contributed by atoms with van der Waals surface area (Å²) in [5.41, 5.74) is 0.176. The second-order valence-corrected chi connectivity index (χ2v) is 7.18. The number of hydrogen-bond acceptors (Lipinski definition) is 2. The summed E-state index contributed by atoms with van der Waals surface area (Å²) in [4.78, 5) is 4.39. The number of aliphatic hydroxyl groups is 1. The fraction of sp³-hybridized carbons (Fsp3) is 0.800. The lowest BCUT2D eigenvalue weighted by molar-refractivity contribution is -0.155. The van der Waals surface area contributed by atoms with Crippen LogP contribution >= 0.6 is 0 Å². The Bertz CT molecular complexity index is 498. The fourth-order valence-corrected chi connectivity index (χ4v) is 4.74. The summed E-state index contributed by atoms with van der Waals surface area (Å²) in [5, 5.41) is 11.6. The SMILES string of the molecule is Cc1ncc(C2(O)C3(C)CCC(C3)C2(C)C)n1C. The van der Waals surface area contributed by atoms with E-state index in [9.17, 15) is 5.11 Å². The zero-order valence-electron chi connectivity index (χ0n) is 12.1. The summed E-state index contributed by atoms with van der Waals surface area (Å²) in [5.74, 6) is 1.60. The van der Waals surface area contributed by atoms with Crippen LogP contribution in [0.2, 0.25) is 0 Å². The maximum absolute atomic E-state index is 11.6. The van der Waals surface area contributed by atoms with Crippen molar-refractivity contribution < 1.29 is 5.11 Å². The topological polar surface area (TPSA) is 38.1 Å². The quantitative estimate of drug-likeness (QED) is 0.830. The summed E-state index contributed by atoms with van der Waals surface area (Å²) < 4.78 is 2.06. The van der Waals surface area contributed by atoms with Gasteiger partial charge in [0, 0.05) is 17.9 Å². The molecule has 1 aromatic heterocycles. The van der Waals surface area contributed by atoms with Crippen LogP contribution in [0.3, 0.4) is 0 Å². The lowest BCUT2D eigenvalue weighted by Gasteiger charge is -2.50. The van der Waals surface area contributed by atoms with E-state index in [1.807, 2.05) is 20.2 Å². The van der Waals surface area contributed by atoms with Crippen LogP contribution in [-0.4, -0.2) is 14.7 Å². The predicted octanol–water partition coefficient (Wildman–Crippen LogP) is 2.76. The Balaban J connectivity index is 2.22. The van der Waals surface area contributed by atoms with Gasteiger partial charge >= 0.3 is 0 Å². The molecule has 3 nitrogen and oxygen atoms in total. The van der Waals surface area contributed by atoms with Crippen LogP contribution in [0, 0.1) is 23.7 Å². The first-order chi connectivity index (χ1) is 8.24. The van der Waals surface area contributed by atoms with Gasteiger partial charge < -0.3 is 9.67 Å². The van der Waals surface area contributed by atoms with E-state index in [0.29, 0.717) is 5.92 Å². The van der Waals surface area contributed by atoms with Crippen LogP contribution in [0.25, 0.3) is 0 Å². The highest BCUT2D eigenvalue weighted by atomic mass is 16.3. The van der Waals surface area contributed by atoms with E-state index < -0.39 is 5.60 Å². The van der Waals surface area contributed by atoms with Crippen molar-refractivity contribution in [2.75, 3.05) is 0 Å². The van der Waals surface area contributed by atoms with E-state index in [-0.39, 0.29) is 10.8 Å². The molecule has 3 unspecified atom stereocenters. The molecular formula is C15H24N2O. The van der Waals surface area contributed by atoms with Crippen LogP contribution in [0.15, 0.2) is 6.20 Å². The average molecular weight is 248 g/mol. The largest absolute Gasteiger partial charge is 0.382 e. The molecule has 0 aromatic carbocycles. The first-order valence-corrected chi connectivity index (χ1v) is 6.95. The molecule has 2 bridgehead atoms. The maximum Gasteiger partial charge on any atom is 0.117 e. The minimum Gasteiger partial charge on any atom is -0.382 e. The average Bonchev–Trinajstić information content (AvgIpc) is 2.88. The Morgan fingerprint density at radius 2 is 2.06 bits per heavy atom. The van der Waals surface area contributed by atoms with Gasteiger partial charge in [-0.2, -0.15) is 0 Å². The summed E-state index contributed by atoms with van der Waals surface area (Å²) in [6, 6.07) is 0. The van der Waals surface area contributed by atoms with Crippen LogP contribution in [0.4, 0.5) is 0 Å². The fourth-order valence-electron chi connectivity index (χ4n) is 4.74. The van der Waals surface area contributed by atoms with Crippen LogP contribution in [0.1, 0.15) is 51.6 Å². The van der Waals surface area contributed by atoms with E-state index in [0.717, 1.165) is 24.4 Å². The highest BCUT2D eigenvalue weighted by molar-refractivity contribution is 5.28. The van der Waals surface area contributed by atoms with Crippen molar-refractivity contribution in [2.24, 2.45) is 23.8 Å². The third-order valence-corrected chi connectivity index (χ3v) is 6.16. The molecule has 3 rings (SSSR count). The first kappa shape index (κ1) is 12.2. The molecule has 0 saturated heterocycles. The number of aromatic nitrogens is 2. The van der Waals surface area contributed by atoms with E-state index in [1.54, 1.807) is 0 Å². The molecule has 18 heavy (non-hydrogen) atoms. The highest BCUT2D eigenvalue weighted by Crippen LogP contribution is 2.71. The second kappa shape index (κ2) is 3.19. The van der Waals surface area contributed by atoms with Crippen molar-refractivity contribution in [1.29, 1.82) is 0 Å². The standard InChI is InChI=1S/C15H24N2O/c1-10-16-9-12(17(10)5)15(18)13(2,3)11-6-7-14(15,4)8-11/h9,11,18H,6-8H2,1-5H3. The molecule has 3 atom stereocenters. The first-order valence-electron chi connectivity index (χ1n) is 6.95. The predicted molar refractivity (Wildman–Crippen MR) is 71.1 cm³/mol. The van der Waals surface area contributed by atoms with Crippen LogP contribution in [0.5, 0.6) is 0 Å². The maximum atomic E-state index is 11.6. The van der Waals surface area contributed by atoms with Gasteiger partial charge in [-0.1, -0.05) is 20.8 Å². The lowest BCUT2D eigenvalue weighted by Crippen LogP contribution is -2.52. The minimum atomic E-state index is -0.751. The van der Waals surface area contributed by atoms with E-state index in [4.69, 9.17) is 0 Å². The number of fused-ring (bicyclic) bond motifs is 2. The third-order valence-electron chi connectivity index (χ3n) is 6.16. The molecule has 0 aliphatic heterocycles. The molecule has 0 radical (unpaired) electrons. The van der Waals surface area contributed by atoms with E-state index in [1.165, 1.54) is 6.42 Å². The van der Waals surface area contributed by atoms with Crippen molar-refractivity contribution in [3.63, 3.8) is 0 Å². The zero-order chi connectivity index (χ0) is 13.3. The molecule has 3 heteroatoms. The summed E-state index contributed by atoms with van der Waals surface area (Å²) in [6.07, 6.45) is 5.40. The van der Waals surface area contributed by atoms with Crippen molar-refractivity contribution in [2.45, 2.75) is 52.6 Å². The van der Waals surface area contributed by atoms with Gasteiger partial charge in [0.25, 0.3) is 0 Å². The molecular weight excluding hydrogens is 224 g/mol. The lowest BCUT2D eigenvalue weighted by atomic mass is 9.59. The number of imidazole rings is 1. The molecule has 100 valence electrons. The zero-order valence-corrected chi connectivity index (χ0v) is 12.1. The Labute approximate surface area is 109 Å². The number of hydrogen-bond donors (Lipinski definition) is 1. The van der Waals surface area contributed by atoms with Crippen molar-refractivity contribution >= 4 is 0 Å². The molecule has 1 aromatic rings. The Morgan fingerprint density at radius 1 is 1.39 bits per heavy atom. The van der Waals surface area contributed by atoms with Crippen molar-refractivity contribution in [3.05, 3.63) is 17.7 Å². The van der Waals surface area contributed by atoms with Gasteiger partial charge in [0.15, 0.2) is 0 Å². The van der Waals surface area contributed by atoms with E-state index in [2.05, 4.69) is 30.3 Å². The van der Waals surface area contributed by atoms with Crippen LogP contribution < -0.4 is 0 Å². The highest BCUT2D eigenvalue weighted by Gasteiger charge is 2.69. The van der Waals surface area contributed by atoms with Gasteiger partial charge in [-0.05, 0) is 32.1 Å². The molecule has 2 aliphatic carbocycles. The van der Waals surface area contributed by atoms with Crippen molar-refractivity contribution in [3.8, 4) is 0 Å². The van der Waals surface area contributed by atoms with Crippen molar-refractivity contribution in [1.82, 2.24) is 9.55 Å². The monoisotopic (exact) mass is 248 g/mol. The van der Waals surface area contributed by atoms with Gasteiger partial charge in [-0.15, -0.1) is 0 Å². The van der Waals surface area contributed by atoms with Gasteiger partial charge in [-0.3, -0.25) is 0 Å². The minimum absolute atomic E-state index is 0.00139. The third kappa shape index (κ3) is 1.08. The molecule has 2 fully saturated rings. The number of rotatable bonds is 1. The molecule has 2 aliphatic rings. The van der Waals surface area contributed by atoms with Gasteiger partial charge in [0.05, 0.1) is 11.9 Å². The van der Waals surface area contributed by atoms with Crippen LogP contribution in [-0.2, 0) is 12.6 Å². The summed E-state index contributed by atoms with van der Waals surface area (Å²) in [7, 11) is 2.01. The smallest absolute Gasteiger partial charge is 0.117 e.